The van der Waals surface area contributed by atoms with Gasteiger partial charge in [0.25, 0.3) is 0 Å². The van der Waals surface area contributed by atoms with E-state index in [0.29, 0.717) is 30.0 Å². The first-order valence-corrected chi connectivity index (χ1v) is 12.0. The minimum Gasteiger partial charge on any atom is -0.504 e. The van der Waals surface area contributed by atoms with Crippen LogP contribution in [0.5, 0.6) is 11.5 Å². The molecule has 6 heteroatoms. The number of ketones is 1. The zero-order chi connectivity index (χ0) is 23.2. The lowest BCUT2D eigenvalue weighted by Gasteiger charge is -2.48. The lowest BCUT2D eigenvalue weighted by Crippen LogP contribution is -2.42. The smallest absolute Gasteiger partial charge is 0.220 e. The van der Waals surface area contributed by atoms with Gasteiger partial charge in [-0.1, -0.05) is 13.0 Å². The van der Waals surface area contributed by atoms with E-state index in [0.717, 1.165) is 37.7 Å². The molecule has 2 N–H and O–H groups in total. The average Bonchev–Trinajstić information content (AvgIpc) is 3.08. The molecule has 1 heterocycles. The lowest BCUT2D eigenvalue weighted by atomic mass is 9.55. The van der Waals surface area contributed by atoms with Crippen molar-refractivity contribution in [3.05, 3.63) is 53.3 Å². The Morgan fingerprint density at radius 1 is 1.33 bits per heavy atom. The molecule has 1 amide bonds. The van der Waals surface area contributed by atoms with Crippen molar-refractivity contribution >= 4 is 11.7 Å². The number of carbonyl (C=O) groups excluding carboxylic acids is 2. The Bertz CT molecular complexity index is 1070. The second-order valence-electron chi connectivity index (χ2n) is 10.2. The van der Waals surface area contributed by atoms with Gasteiger partial charge in [0.1, 0.15) is 5.78 Å². The molecule has 0 aliphatic heterocycles. The van der Waals surface area contributed by atoms with Gasteiger partial charge in [0.15, 0.2) is 11.5 Å². The van der Waals surface area contributed by atoms with E-state index < -0.39 is 0 Å². The monoisotopic (exact) mass is 448 g/mol. The standard InChI is InChI=1S/C27H32N2O4/c1-27-8-7-19-20(6-5-17-11-23(30)24(33-2)13-21(17)19)22(27)10-18(26(27)32)12-25(31)29-15-16-4-3-9-28-14-16/h3-4,9,11,13-14,18-20,22,30H,5-8,10,12,15H2,1-2H3,(H,29,31). The number of benzene rings is 1. The summed E-state index contributed by atoms with van der Waals surface area (Å²) >= 11 is 0. The van der Waals surface area contributed by atoms with Crippen LogP contribution in [0.2, 0.25) is 0 Å². The molecule has 0 spiro atoms. The van der Waals surface area contributed by atoms with Crippen LogP contribution < -0.4 is 10.1 Å². The number of ether oxygens (including phenoxy) is 1. The number of methoxy groups -OCH3 is 1. The molecule has 0 saturated heterocycles. The van der Waals surface area contributed by atoms with E-state index in [1.54, 1.807) is 19.5 Å². The van der Waals surface area contributed by atoms with E-state index in [2.05, 4.69) is 17.2 Å². The summed E-state index contributed by atoms with van der Waals surface area (Å²) < 4.78 is 5.38. The number of rotatable bonds is 5. The van der Waals surface area contributed by atoms with Gasteiger partial charge in [-0.3, -0.25) is 14.6 Å². The number of amides is 1. The zero-order valence-corrected chi connectivity index (χ0v) is 19.3. The average molecular weight is 449 g/mol. The number of aromatic hydroxyl groups is 1. The first-order chi connectivity index (χ1) is 15.9. The molecule has 6 nitrogen and oxygen atoms in total. The predicted molar refractivity (Wildman–Crippen MR) is 124 cm³/mol. The number of Topliss-reactive ketones (excluding diaryl/α,β-unsaturated/α-hetero) is 1. The highest BCUT2D eigenvalue weighted by molar-refractivity contribution is 5.93. The van der Waals surface area contributed by atoms with Gasteiger partial charge < -0.3 is 15.2 Å². The molecule has 174 valence electrons. The minimum absolute atomic E-state index is 0.0646. The number of nitrogens with zero attached hydrogens (tertiary/aromatic N) is 1. The van der Waals surface area contributed by atoms with E-state index in [9.17, 15) is 14.7 Å². The molecule has 1 aromatic carbocycles. The van der Waals surface area contributed by atoms with Crippen LogP contribution in [0, 0.1) is 23.2 Å². The van der Waals surface area contributed by atoms with E-state index in [4.69, 9.17) is 4.74 Å². The van der Waals surface area contributed by atoms with Gasteiger partial charge in [0.2, 0.25) is 5.91 Å². The van der Waals surface area contributed by atoms with E-state index >= 15 is 0 Å². The van der Waals surface area contributed by atoms with Crippen molar-refractivity contribution in [3.8, 4) is 11.5 Å². The molecule has 5 unspecified atom stereocenters. The van der Waals surface area contributed by atoms with Gasteiger partial charge in [0.05, 0.1) is 7.11 Å². The molecule has 2 fully saturated rings. The summed E-state index contributed by atoms with van der Waals surface area (Å²) in [7, 11) is 1.58. The Hall–Kier alpha value is -2.89. The van der Waals surface area contributed by atoms with Crippen molar-refractivity contribution < 1.29 is 19.4 Å². The fourth-order valence-corrected chi connectivity index (χ4v) is 6.87. The maximum atomic E-state index is 13.5. The number of fused-ring (bicyclic) bond motifs is 5. The maximum absolute atomic E-state index is 13.5. The molecule has 3 aliphatic carbocycles. The number of nitrogens with one attached hydrogen (secondary N) is 1. The molecular formula is C27H32N2O4. The van der Waals surface area contributed by atoms with E-state index in [1.165, 1.54) is 11.1 Å². The zero-order valence-electron chi connectivity index (χ0n) is 19.3. The Balaban J connectivity index is 1.31. The van der Waals surface area contributed by atoms with Crippen molar-refractivity contribution in [1.29, 1.82) is 0 Å². The Morgan fingerprint density at radius 2 is 2.18 bits per heavy atom. The Labute approximate surface area is 194 Å². The number of hydrogen-bond acceptors (Lipinski definition) is 5. The van der Waals surface area contributed by atoms with Gasteiger partial charge in [-0.15, -0.1) is 0 Å². The summed E-state index contributed by atoms with van der Waals surface area (Å²) in [5.74, 6) is 1.83. The molecule has 2 aromatic rings. The topological polar surface area (TPSA) is 88.5 Å². The fourth-order valence-electron chi connectivity index (χ4n) is 6.87. The van der Waals surface area contributed by atoms with Crippen LogP contribution in [0.25, 0.3) is 0 Å². The number of phenols is 1. The van der Waals surface area contributed by atoms with E-state index in [-0.39, 0.29) is 35.2 Å². The van der Waals surface area contributed by atoms with Crippen molar-refractivity contribution in [1.82, 2.24) is 10.3 Å². The Kier molecular flexibility index (Phi) is 5.63. The third kappa shape index (κ3) is 3.79. The highest BCUT2D eigenvalue weighted by atomic mass is 16.5. The van der Waals surface area contributed by atoms with E-state index in [1.807, 2.05) is 24.3 Å². The molecule has 3 aliphatic rings. The third-order valence-corrected chi connectivity index (χ3v) is 8.53. The summed E-state index contributed by atoms with van der Waals surface area (Å²) in [6.07, 6.45) is 8.26. The quantitative estimate of drug-likeness (QED) is 0.717. The summed E-state index contributed by atoms with van der Waals surface area (Å²) in [4.78, 5) is 30.2. The second-order valence-corrected chi connectivity index (χ2v) is 10.2. The molecule has 2 saturated carbocycles. The molecule has 5 rings (SSSR count). The van der Waals surface area contributed by atoms with Crippen LogP contribution in [0.3, 0.4) is 0 Å². The van der Waals surface area contributed by atoms with Crippen LogP contribution in [-0.4, -0.2) is 28.9 Å². The number of aromatic nitrogens is 1. The van der Waals surface area contributed by atoms with Crippen LogP contribution in [0.4, 0.5) is 0 Å². The highest BCUT2D eigenvalue weighted by Gasteiger charge is 2.58. The molecular weight excluding hydrogens is 416 g/mol. The van der Waals surface area contributed by atoms with Gasteiger partial charge >= 0.3 is 0 Å². The largest absolute Gasteiger partial charge is 0.504 e. The minimum atomic E-state index is -0.339. The summed E-state index contributed by atoms with van der Waals surface area (Å²) in [5.41, 5.74) is 3.09. The van der Waals surface area contributed by atoms with Crippen LogP contribution in [0.15, 0.2) is 36.7 Å². The predicted octanol–water partition coefficient (Wildman–Crippen LogP) is 4.15. The first-order valence-electron chi connectivity index (χ1n) is 12.0. The lowest BCUT2D eigenvalue weighted by molar-refractivity contribution is -0.134. The number of phenolic OH excluding ortho intramolecular Hbond substituents is 1. The highest BCUT2D eigenvalue weighted by Crippen LogP contribution is 2.61. The summed E-state index contributed by atoms with van der Waals surface area (Å²) in [6, 6.07) is 7.64. The van der Waals surface area contributed by atoms with Crippen LogP contribution >= 0.6 is 0 Å². The molecule has 33 heavy (non-hydrogen) atoms. The second kappa shape index (κ2) is 8.47. The van der Waals surface area contributed by atoms with Crippen molar-refractivity contribution in [2.24, 2.45) is 23.2 Å². The SMILES string of the molecule is COc1cc2c(cc1O)CCC1C2CCC2(C)C(=O)C(CC(=O)NCc3cccnc3)CC12. The van der Waals surface area contributed by atoms with Crippen LogP contribution in [-0.2, 0) is 22.6 Å². The molecule has 0 radical (unpaired) electrons. The maximum Gasteiger partial charge on any atom is 0.220 e. The fraction of sp³-hybridized carbons (Fsp3) is 0.519. The van der Waals surface area contributed by atoms with Crippen molar-refractivity contribution in [2.45, 2.75) is 57.9 Å². The summed E-state index contributed by atoms with van der Waals surface area (Å²) in [5, 5.41) is 13.2. The van der Waals surface area contributed by atoms with Crippen LogP contribution in [0.1, 0.15) is 61.6 Å². The number of pyridine rings is 1. The number of aryl methyl sites for hydroxylation is 1. The van der Waals surface area contributed by atoms with Gasteiger partial charge in [-0.05, 0) is 84.7 Å². The first kappa shape index (κ1) is 21.9. The summed E-state index contributed by atoms with van der Waals surface area (Å²) in [6.45, 7) is 2.57. The molecule has 1 aromatic heterocycles. The van der Waals surface area contributed by atoms with Crippen molar-refractivity contribution in [2.75, 3.05) is 7.11 Å². The van der Waals surface area contributed by atoms with Gasteiger partial charge in [-0.2, -0.15) is 0 Å². The third-order valence-electron chi connectivity index (χ3n) is 8.53. The normalized spacial score (nSPS) is 30.2. The van der Waals surface area contributed by atoms with Gasteiger partial charge in [-0.25, -0.2) is 0 Å². The number of hydrogen-bond donors (Lipinski definition) is 2. The molecule has 0 bridgehead atoms. The Morgan fingerprint density at radius 3 is 2.94 bits per heavy atom. The van der Waals surface area contributed by atoms with Gasteiger partial charge in [0, 0.05) is 36.7 Å². The van der Waals surface area contributed by atoms with Crippen molar-refractivity contribution in [3.63, 3.8) is 0 Å². The molecule has 5 atom stereocenters. The number of carbonyl (C=O) groups is 2.